The maximum absolute atomic E-state index is 13.4. The molecule has 0 radical (unpaired) electrons. The lowest BCUT2D eigenvalue weighted by Gasteiger charge is -2.18. The SMILES string of the molecule is COc1cccc(OC)c1C(=O)Nc1sc2c(c1-c1nc3ccccc3s1)CCC(C)C2. The van der Waals surface area contributed by atoms with Gasteiger partial charge in [-0.1, -0.05) is 25.1 Å². The average molecular weight is 465 g/mol. The summed E-state index contributed by atoms with van der Waals surface area (Å²) >= 11 is 3.35. The summed E-state index contributed by atoms with van der Waals surface area (Å²) in [5.41, 5.74) is 3.78. The molecule has 4 aromatic rings. The Morgan fingerprint density at radius 3 is 2.53 bits per heavy atom. The summed E-state index contributed by atoms with van der Waals surface area (Å²) in [5.74, 6) is 1.37. The number of hydrogen-bond acceptors (Lipinski definition) is 6. The number of hydrogen-bond donors (Lipinski definition) is 1. The van der Waals surface area contributed by atoms with E-state index < -0.39 is 0 Å². The zero-order valence-electron chi connectivity index (χ0n) is 18.2. The molecular weight excluding hydrogens is 440 g/mol. The van der Waals surface area contributed by atoms with E-state index in [1.807, 2.05) is 24.3 Å². The highest BCUT2D eigenvalue weighted by molar-refractivity contribution is 7.23. The molecule has 2 heterocycles. The fourth-order valence-corrected chi connectivity index (χ4v) is 6.80. The van der Waals surface area contributed by atoms with Crippen LogP contribution < -0.4 is 14.8 Å². The largest absolute Gasteiger partial charge is 0.496 e. The number of thiazole rings is 1. The smallest absolute Gasteiger partial charge is 0.263 e. The fourth-order valence-electron chi connectivity index (χ4n) is 4.28. The van der Waals surface area contributed by atoms with E-state index in [2.05, 4.69) is 18.3 Å². The molecule has 0 saturated carbocycles. The van der Waals surface area contributed by atoms with Crippen molar-refractivity contribution in [2.24, 2.45) is 5.92 Å². The summed E-state index contributed by atoms with van der Waals surface area (Å²) < 4.78 is 12.0. The zero-order valence-corrected chi connectivity index (χ0v) is 19.9. The molecule has 0 bridgehead atoms. The molecule has 5 nitrogen and oxygen atoms in total. The summed E-state index contributed by atoms with van der Waals surface area (Å²) in [4.78, 5) is 19.7. The lowest BCUT2D eigenvalue weighted by Crippen LogP contribution is -2.14. The molecule has 0 aliphatic heterocycles. The van der Waals surface area contributed by atoms with Crippen LogP contribution in [0.15, 0.2) is 42.5 Å². The maximum Gasteiger partial charge on any atom is 0.263 e. The number of rotatable bonds is 5. The highest BCUT2D eigenvalue weighted by Gasteiger charge is 2.28. The quantitative estimate of drug-likeness (QED) is 0.370. The first kappa shape index (κ1) is 21.0. The van der Waals surface area contributed by atoms with Crippen LogP contribution in [-0.2, 0) is 12.8 Å². The molecule has 1 unspecified atom stereocenters. The van der Waals surface area contributed by atoms with E-state index in [4.69, 9.17) is 14.5 Å². The molecule has 0 saturated heterocycles. The highest BCUT2D eigenvalue weighted by Crippen LogP contribution is 2.47. The van der Waals surface area contributed by atoms with Crippen LogP contribution in [-0.4, -0.2) is 25.1 Å². The molecule has 0 fully saturated rings. The normalized spacial score (nSPS) is 15.4. The summed E-state index contributed by atoms with van der Waals surface area (Å²) in [7, 11) is 3.12. The van der Waals surface area contributed by atoms with Gasteiger partial charge in [0.05, 0.1) is 24.4 Å². The predicted molar refractivity (Wildman–Crippen MR) is 132 cm³/mol. The summed E-state index contributed by atoms with van der Waals surface area (Å²) in [6.45, 7) is 2.29. The number of anilines is 1. The number of amides is 1. The highest BCUT2D eigenvalue weighted by atomic mass is 32.1. The van der Waals surface area contributed by atoms with Crippen LogP contribution in [0.25, 0.3) is 20.8 Å². The second-order valence-electron chi connectivity index (χ2n) is 8.03. The molecule has 7 heteroatoms. The van der Waals surface area contributed by atoms with Crippen LogP contribution in [0.4, 0.5) is 5.00 Å². The van der Waals surface area contributed by atoms with Gasteiger partial charge in [-0.15, -0.1) is 22.7 Å². The van der Waals surface area contributed by atoms with Gasteiger partial charge in [-0.25, -0.2) is 4.98 Å². The van der Waals surface area contributed by atoms with Gasteiger partial charge < -0.3 is 14.8 Å². The minimum Gasteiger partial charge on any atom is -0.496 e. The van der Waals surface area contributed by atoms with E-state index in [0.29, 0.717) is 23.0 Å². The monoisotopic (exact) mass is 464 g/mol. The molecule has 2 aromatic heterocycles. The van der Waals surface area contributed by atoms with Crippen molar-refractivity contribution in [2.75, 3.05) is 19.5 Å². The third-order valence-corrected chi connectivity index (χ3v) is 8.13. The molecule has 1 N–H and O–H groups in total. The molecular formula is C25H24N2O3S2. The Labute approximate surface area is 195 Å². The minimum absolute atomic E-state index is 0.242. The van der Waals surface area contributed by atoms with Crippen LogP contribution in [0, 0.1) is 5.92 Å². The van der Waals surface area contributed by atoms with E-state index in [1.165, 1.54) is 10.4 Å². The average Bonchev–Trinajstić information content (AvgIpc) is 3.38. The fraction of sp³-hybridized carbons (Fsp3) is 0.280. The number of benzene rings is 2. The van der Waals surface area contributed by atoms with Crippen molar-refractivity contribution in [3.05, 3.63) is 58.5 Å². The molecule has 1 amide bonds. The lowest BCUT2D eigenvalue weighted by atomic mass is 9.88. The zero-order chi connectivity index (χ0) is 22.2. The van der Waals surface area contributed by atoms with Crippen LogP contribution in [0.1, 0.15) is 34.1 Å². The number of ether oxygens (including phenoxy) is 2. The molecule has 0 spiro atoms. The van der Waals surface area contributed by atoms with E-state index >= 15 is 0 Å². The second kappa shape index (κ2) is 8.56. The topological polar surface area (TPSA) is 60.5 Å². The van der Waals surface area contributed by atoms with Gasteiger partial charge >= 0.3 is 0 Å². The minimum atomic E-state index is -0.242. The van der Waals surface area contributed by atoms with Crippen molar-refractivity contribution in [2.45, 2.75) is 26.2 Å². The third-order valence-electron chi connectivity index (χ3n) is 5.90. The summed E-state index contributed by atoms with van der Waals surface area (Å²) in [5, 5.41) is 4.98. The Morgan fingerprint density at radius 2 is 1.81 bits per heavy atom. The second-order valence-corrected chi connectivity index (χ2v) is 10.2. The van der Waals surface area contributed by atoms with Crippen molar-refractivity contribution in [3.63, 3.8) is 0 Å². The van der Waals surface area contributed by atoms with Gasteiger partial charge in [-0.2, -0.15) is 0 Å². The number of para-hydroxylation sites is 1. The Bertz CT molecular complexity index is 1250. The predicted octanol–water partition coefficient (Wildman–Crippen LogP) is 6.42. The Balaban J connectivity index is 1.61. The van der Waals surface area contributed by atoms with Crippen molar-refractivity contribution in [3.8, 4) is 22.1 Å². The van der Waals surface area contributed by atoms with Gasteiger partial charge in [-0.3, -0.25) is 4.79 Å². The standard InChI is InChI=1S/C25H24N2O3S2/c1-14-11-12-15-20(13-14)32-25(21(15)24-26-16-7-4-5-10-19(16)31-24)27-23(28)22-17(29-2)8-6-9-18(22)30-3/h4-10,14H,11-13H2,1-3H3,(H,27,28). The summed E-state index contributed by atoms with van der Waals surface area (Å²) in [6.07, 6.45) is 3.19. The van der Waals surface area contributed by atoms with E-state index in [-0.39, 0.29) is 5.91 Å². The van der Waals surface area contributed by atoms with Crippen molar-refractivity contribution in [1.82, 2.24) is 4.98 Å². The van der Waals surface area contributed by atoms with E-state index in [0.717, 1.165) is 45.1 Å². The maximum atomic E-state index is 13.4. The van der Waals surface area contributed by atoms with Gasteiger partial charge in [0.15, 0.2) is 0 Å². The van der Waals surface area contributed by atoms with Crippen LogP contribution in [0.3, 0.4) is 0 Å². The number of methoxy groups -OCH3 is 2. The number of fused-ring (bicyclic) bond motifs is 2. The van der Waals surface area contributed by atoms with Crippen LogP contribution in [0.2, 0.25) is 0 Å². The Kier molecular flexibility index (Phi) is 5.61. The number of nitrogens with one attached hydrogen (secondary N) is 1. The molecule has 164 valence electrons. The number of thiophene rings is 1. The van der Waals surface area contributed by atoms with Gasteiger partial charge in [-0.05, 0) is 55.0 Å². The lowest BCUT2D eigenvalue weighted by molar-refractivity contribution is 0.102. The molecule has 2 aromatic carbocycles. The molecule has 1 aliphatic carbocycles. The van der Waals surface area contributed by atoms with E-state index in [9.17, 15) is 4.79 Å². The van der Waals surface area contributed by atoms with Crippen molar-refractivity contribution >= 4 is 43.8 Å². The van der Waals surface area contributed by atoms with Gasteiger partial charge in [0.1, 0.15) is 27.1 Å². The first-order valence-corrected chi connectivity index (χ1v) is 12.2. The van der Waals surface area contributed by atoms with Gasteiger partial charge in [0.25, 0.3) is 5.91 Å². The first-order valence-electron chi connectivity index (χ1n) is 10.6. The van der Waals surface area contributed by atoms with Gasteiger partial charge in [0, 0.05) is 10.4 Å². The van der Waals surface area contributed by atoms with Crippen LogP contribution in [0.5, 0.6) is 11.5 Å². The number of aromatic nitrogens is 1. The molecule has 32 heavy (non-hydrogen) atoms. The molecule has 5 rings (SSSR count). The van der Waals surface area contributed by atoms with Crippen molar-refractivity contribution in [1.29, 1.82) is 0 Å². The van der Waals surface area contributed by atoms with Crippen LogP contribution >= 0.6 is 22.7 Å². The van der Waals surface area contributed by atoms with Gasteiger partial charge in [0.2, 0.25) is 0 Å². The number of nitrogens with zero attached hydrogens (tertiary/aromatic N) is 1. The molecule has 1 aliphatic rings. The Morgan fingerprint density at radius 1 is 1.06 bits per heavy atom. The summed E-state index contributed by atoms with van der Waals surface area (Å²) in [6, 6.07) is 13.5. The molecule has 1 atom stereocenters. The number of carbonyl (C=O) groups is 1. The number of carbonyl (C=O) groups excluding carboxylic acids is 1. The first-order chi connectivity index (χ1) is 15.6. The van der Waals surface area contributed by atoms with Crippen molar-refractivity contribution < 1.29 is 14.3 Å². The van der Waals surface area contributed by atoms with E-state index in [1.54, 1.807) is 49.0 Å². The Hall–Kier alpha value is -2.90. The third kappa shape index (κ3) is 3.65.